The van der Waals surface area contributed by atoms with Crippen molar-refractivity contribution in [1.29, 1.82) is 0 Å². The molecule has 0 amide bonds. The predicted octanol–water partition coefficient (Wildman–Crippen LogP) is 2.81. The van der Waals surface area contributed by atoms with Crippen LogP contribution in [0, 0.1) is 11.8 Å². The molecule has 2 fully saturated rings. The van der Waals surface area contributed by atoms with E-state index in [4.69, 9.17) is 13.9 Å². The summed E-state index contributed by atoms with van der Waals surface area (Å²) in [5, 5.41) is 10.1. The normalized spacial score (nSPS) is 36.4. The molecule has 0 radical (unpaired) electrons. The third-order valence-corrected chi connectivity index (χ3v) is 10.4. The van der Waals surface area contributed by atoms with Gasteiger partial charge in [-0.15, -0.1) is 0 Å². The van der Waals surface area contributed by atoms with Crippen molar-refractivity contribution in [2.45, 2.75) is 63.5 Å². The molecule has 2 rings (SSSR count). The van der Waals surface area contributed by atoms with Crippen molar-refractivity contribution in [3.63, 3.8) is 0 Å². The van der Waals surface area contributed by atoms with Crippen LogP contribution < -0.4 is 0 Å². The summed E-state index contributed by atoms with van der Waals surface area (Å²) in [5.41, 5.74) is -0.294. The fraction of sp³-hybridized carbons (Fsp3) is 1.00. The lowest BCUT2D eigenvalue weighted by atomic mass is 9.72. The van der Waals surface area contributed by atoms with Gasteiger partial charge in [0.2, 0.25) is 0 Å². The highest BCUT2D eigenvalue weighted by atomic mass is 28.4. The molecule has 0 aromatic carbocycles. The molecular weight excluding hydrogens is 284 g/mol. The maximum absolute atomic E-state index is 9.86. The highest BCUT2D eigenvalue weighted by molar-refractivity contribution is 6.74. The third-order valence-electron chi connectivity index (χ3n) is 5.95. The van der Waals surface area contributed by atoms with Gasteiger partial charge >= 0.3 is 0 Å². The Labute approximate surface area is 130 Å². The zero-order valence-corrected chi connectivity index (χ0v) is 15.4. The summed E-state index contributed by atoms with van der Waals surface area (Å²) in [6.45, 7) is 12.7. The molecule has 2 aliphatic heterocycles. The number of methoxy groups -OCH3 is 1. The van der Waals surface area contributed by atoms with E-state index in [9.17, 15) is 5.11 Å². The Balaban J connectivity index is 2.08. The second-order valence-corrected chi connectivity index (χ2v) is 13.0. The van der Waals surface area contributed by atoms with E-state index >= 15 is 0 Å². The zero-order chi connectivity index (χ0) is 15.9. The van der Waals surface area contributed by atoms with E-state index in [1.807, 2.05) is 0 Å². The van der Waals surface area contributed by atoms with E-state index in [1.54, 1.807) is 7.11 Å². The number of fused-ring (bicyclic) bond motifs is 2. The van der Waals surface area contributed by atoms with Crippen molar-refractivity contribution >= 4 is 8.32 Å². The first-order chi connectivity index (χ1) is 9.67. The summed E-state index contributed by atoms with van der Waals surface area (Å²) in [5.74, 6) is 0.442. The van der Waals surface area contributed by atoms with Crippen molar-refractivity contribution in [3.8, 4) is 0 Å². The first kappa shape index (κ1) is 17.4. The van der Waals surface area contributed by atoms with E-state index in [0.717, 1.165) is 12.8 Å². The molecule has 0 saturated carbocycles. The smallest absolute Gasteiger partial charge is 0.192 e. The Kier molecular flexibility index (Phi) is 4.91. The lowest BCUT2D eigenvalue weighted by Gasteiger charge is -2.41. The van der Waals surface area contributed by atoms with Crippen LogP contribution >= 0.6 is 0 Å². The Morgan fingerprint density at radius 2 is 2.00 bits per heavy atom. The molecule has 0 unspecified atom stereocenters. The van der Waals surface area contributed by atoms with Crippen LogP contribution in [0.3, 0.4) is 0 Å². The summed E-state index contributed by atoms with van der Waals surface area (Å²) in [4.78, 5) is 0. The second-order valence-electron chi connectivity index (χ2n) is 8.22. The lowest BCUT2D eigenvalue weighted by molar-refractivity contribution is -0.0549. The van der Waals surface area contributed by atoms with Crippen LogP contribution in [0.5, 0.6) is 0 Å². The van der Waals surface area contributed by atoms with Gasteiger partial charge in [0.25, 0.3) is 0 Å². The van der Waals surface area contributed by atoms with Crippen LogP contribution in [0.25, 0.3) is 0 Å². The Bertz CT molecular complexity index is 366. The summed E-state index contributed by atoms with van der Waals surface area (Å²) in [6, 6.07) is 0. The molecule has 5 heteroatoms. The van der Waals surface area contributed by atoms with Crippen LogP contribution in [0.2, 0.25) is 18.1 Å². The van der Waals surface area contributed by atoms with Gasteiger partial charge in [-0.2, -0.15) is 0 Å². The first-order valence-corrected chi connectivity index (χ1v) is 11.0. The fourth-order valence-electron chi connectivity index (χ4n) is 3.48. The highest BCUT2D eigenvalue weighted by Gasteiger charge is 2.59. The highest BCUT2D eigenvalue weighted by Crippen LogP contribution is 2.52. The monoisotopic (exact) mass is 316 g/mol. The molecule has 2 heterocycles. The van der Waals surface area contributed by atoms with Gasteiger partial charge in [-0.3, -0.25) is 0 Å². The summed E-state index contributed by atoms with van der Waals surface area (Å²) in [6.07, 6.45) is 2.29. The van der Waals surface area contributed by atoms with E-state index < -0.39 is 8.32 Å². The number of aliphatic hydroxyl groups excluding tert-OH is 1. The molecule has 0 spiro atoms. The van der Waals surface area contributed by atoms with Crippen molar-refractivity contribution in [3.05, 3.63) is 0 Å². The maximum Gasteiger partial charge on any atom is 0.192 e. The van der Waals surface area contributed by atoms with Gasteiger partial charge in [-0.05, 0) is 31.0 Å². The molecule has 0 aromatic rings. The van der Waals surface area contributed by atoms with Crippen LogP contribution in [0.4, 0.5) is 0 Å². The van der Waals surface area contributed by atoms with Gasteiger partial charge < -0.3 is 19.0 Å². The summed E-state index contributed by atoms with van der Waals surface area (Å²) < 4.78 is 18.0. The van der Waals surface area contributed by atoms with Crippen LogP contribution in [-0.2, 0) is 13.9 Å². The Morgan fingerprint density at radius 1 is 1.33 bits per heavy atom. The zero-order valence-electron chi connectivity index (χ0n) is 14.4. The number of aliphatic hydroxyl groups is 1. The topological polar surface area (TPSA) is 47.9 Å². The molecule has 1 N–H and O–H groups in total. The molecule has 0 aromatic heterocycles. The van der Waals surface area contributed by atoms with E-state index in [1.165, 1.54) is 0 Å². The van der Waals surface area contributed by atoms with Crippen molar-refractivity contribution < 1.29 is 19.0 Å². The van der Waals surface area contributed by atoms with E-state index in [2.05, 4.69) is 33.9 Å². The minimum atomic E-state index is -1.79. The number of hydrogen-bond acceptors (Lipinski definition) is 4. The minimum absolute atomic E-state index is 0.140. The fourth-order valence-corrected chi connectivity index (χ4v) is 4.52. The molecule has 21 heavy (non-hydrogen) atoms. The van der Waals surface area contributed by atoms with Crippen molar-refractivity contribution in [2.24, 2.45) is 11.8 Å². The lowest BCUT2D eigenvalue weighted by Crippen LogP contribution is -2.50. The standard InChI is InChI=1S/C16H32O4Si/c1-15(2,3)21(5,6)19-11-16-8-7-14(20-16)12(10-18-4)13(16)9-17/h12-14,17H,7-11H2,1-6H3/t12-,13+,14+,16+/m1/s1. The van der Waals surface area contributed by atoms with Crippen molar-refractivity contribution in [1.82, 2.24) is 0 Å². The Morgan fingerprint density at radius 3 is 2.52 bits per heavy atom. The summed E-state index contributed by atoms with van der Waals surface area (Å²) >= 11 is 0. The second kappa shape index (κ2) is 5.93. The minimum Gasteiger partial charge on any atom is -0.414 e. The van der Waals surface area contributed by atoms with Gasteiger partial charge in [-0.1, -0.05) is 20.8 Å². The third kappa shape index (κ3) is 3.08. The SMILES string of the molecule is COC[C@H]1[C@@H]2CC[C@@](CO[Si](C)(C)C(C)(C)C)(O2)[C@H]1CO. The molecule has 4 atom stereocenters. The van der Waals surface area contributed by atoms with Crippen LogP contribution in [-0.4, -0.2) is 52.1 Å². The van der Waals surface area contributed by atoms with Gasteiger partial charge in [0, 0.05) is 25.6 Å². The average molecular weight is 317 g/mol. The molecular formula is C16H32O4Si. The molecule has 0 aliphatic carbocycles. The predicted molar refractivity (Wildman–Crippen MR) is 85.9 cm³/mol. The Hall–Kier alpha value is 0.0569. The molecule has 4 nitrogen and oxygen atoms in total. The van der Waals surface area contributed by atoms with Gasteiger partial charge in [0.1, 0.15) is 0 Å². The average Bonchev–Trinajstić information content (AvgIpc) is 2.92. The maximum atomic E-state index is 9.86. The van der Waals surface area contributed by atoms with Gasteiger partial charge in [-0.25, -0.2) is 0 Å². The molecule has 2 saturated heterocycles. The number of ether oxygens (including phenoxy) is 2. The molecule has 124 valence electrons. The van der Waals surface area contributed by atoms with Gasteiger partial charge in [0.05, 0.1) is 24.9 Å². The molecule has 2 bridgehead atoms. The van der Waals surface area contributed by atoms with Crippen LogP contribution in [0.1, 0.15) is 33.6 Å². The van der Waals surface area contributed by atoms with Gasteiger partial charge in [0.15, 0.2) is 8.32 Å². The first-order valence-electron chi connectivity index (χ1n) is 8.08. The van der Waals surface area contributed by atoms with E-state index in [-0.39, 0.29) is 29.3 Å². The van der Waals surface area contributed by atoms with E-state index in [0.29, 0.717) is 19.1 Å². The number of hydrogen-bond donors (Lipinski definition) is 1. The quantitative estimate of drug-likeness (QED) is 0.766. The largest absolute Gasteiger partial charge is 0.414 e. The summed E-state index contributed by atoms with van der Waals surface area (Å²) in [7, 11) is -0.0715. The number of rotatable bonds is 6. The van der Waals surface area contributed by atoms with Crippen molar-refractivity contribution in [2.75, 3.05) is 26.9 Å². The molecule has 2 aliphatic rings. The van der Waals surface area contributed by atoms with Crippen LogP contribution in [0.15, 0.2) is 0 Å².